The van der Waals surface area contributed by atoms with Gasteiger partial charge in [0, 0.05) is 17.0 Å². The Morgan fingerprint density at radius 1 is 1.21 bits per heavy atom. The SMILES string of the molecule is CC(C)C(=O)OCOC(=O)c1csc(-n2nc(-c3ccc(F)c(F)c3)cc2O)n1. The molecule has 0 fully saturated rings. The first-order chi connectivity index (χ1) is 13.8. The lowest BCUT2D eigenvalue weighted by Gasteiger charge is -2.06. The van der Waals surface area contributed by atoms with Gasteiger partial charge in [0.1, 0.15) is 0 Å². The van der Waals surface area contributed by atoms with Gasteiger partial charge in [0.15, 0.2) is 17.3 Å². The molecule has 0 spiro atoms. The minimum Gasteiger partial charge on any atom is -0.493 e. The number of esters is 2. The third kappa shape index (κ3) is 4.57. The van der Waals surface area contributed by atoms with E-state index in [1.165, 1.54) is 17.5 Å². The molecule has 1 N–H and O–H groups in total. The lowest BCUT2D eigenvalue weighted by Crippen LogP contribution is -2.16. The van der Waals surface area contributed by atoms with E-state index in [1.807, 2.05) is 0 Å². The predicted molar refractivity (Wildman–Crippen MR) is 97.5 cm³/mol. The summed E-state index contributed by atoms with van der Waals surface area (Å²) < 4.78 is 37.1. The molecule has 0 atom stereocenters. The van der Waals surface area contributed by atoms with E-state index in [0.717, 1.165) is 28.2 Å². The molecule has 8 nitrogen and oxygen atoms in total. The van der Waals surface area contributed by atoms with Crippen molar-refractivity contribution in [2.24, 2.45) is 5.92 Å². The fourth-order valence-electron chi connectivity index (χ4n) is 2.15. The van der Waals surface area contributed by atoms with Gasteiger partial charge in [0.2, 0.25) is 17.8 Å². The van der Waals surface area contributed by atoms with Crippen molar-refractivity contribution < 1.29 is 33.0 Å². The molecular formula is C18H15F2N3O5S. The van der Waals surface area contributed by atoms with Crippen LogP contribution in [0.3, 0.4) is 0 Å². The highest BCUT2D eigenvalue weighted by Gasteiger charge is 2.18. The Morgan fingerprint density at radius 2 is 1.97 bits per heavy atom. The summed E-state index contributed by atoms with van der Waals surface area (Å²) in [5.74, 6) is -4.05. The standard InChI is InChI=1S/C18H15F2N3O5S/c1-9(2)16(25)27-8-28-17(26)14-7-29-18(21-14)23-15(24)6-13(22-23)10-3-4-11(19)12(20)5-10/h3-7,9,24H,8H2,1-2H3. The molecule has 2 heterocycles. The van der Waals surface area contributed by atoms with Gasteiger partial charge in [0.05, 0.1) is 11.6 Å². The molecule has 0 amide bonds. The Balaban J connectivity index is 1.73. The first-order valence-corrected chi connectivity index (χ1v) is 9.18. The largest absolute Gasteiger partial charge is 0.493 e. The van der Waals surface area contributed by atoms with Crippen molar-refractivity contribution in [3.63, 3.8) is 0 Å². The number of carbonyl (C=O) groups is 2. The highest BCUT2D eigenvalue weighted by molar-refractivity contribution is 7.12. The van der Waals surface area contributed by atoms with E-state index in [4.69, 9.17) is 9.47 Å². The van der Waals surface area contributed by atoms with Gasteiger partial charge in [-0.2, -0.15) is 9.78 Å². The van der Waals surface area contributed by atoms with Crippen molar-refractivity contribution in [3.05, 3.63) is 47.0 Å². The molecule has 0 saturated carbocycles. The van der Waals surface area contributed by atoms with Crippen LogP contribution >= 0.6 is 11.3 Å². The maximum atomic E-state index is 13.4. The zero-order chi connectivity index (χ0) is 21.1. The van der Waals surface area contributed by atoms with E-state index >= 15 is 0 Å². The summed E-state index contributed by atoms with van der Waals surface area (Å²) in [5.41, 5.74) is 0.359. The second-order valence-corrected chi connectivity index (χ2v) is 6.95. The van der Waals surface area contributed by atoms with Crippen molar-refractivity contribution in [1.82, 2.24) is 14.8 Å². The van der Waals surface area contributed by atoms with E-state index in [9.17, 15) is 23.5 Å². The highest BCUT2D eigenvalue weighted by atomic mass is 32.1. The first-order valence-electron chi connectivity index (χ1n) is 8.30. The number of halogens is 2. The van der Waals surface area contributed by atoms with Crippen LogP contribution in [0.1, 0.15) is 24.3 Å². The summed E-state index contributed by atoms with van der Waals surface area (Å²) in [6, 6.07) is 4.46. The van der Waals surface area contributed by atoms with E-state index in [2.05, 4.69) is 10.1 Å². The smallest absolute Gasteiger partial charge is 0.360 e. The molecule has 0 aliphatic carbocycles. The van der Waals surface area contributed by atoms with Crippen molar-refractivity contribution >= 4 is 23.3 Å². The average Bonchev–Trinajstić information content (AvgIpc) is 3.30. The Bertz CT molecular complexity index is 1060. The van der Waals surface area contributed by atoms with Crippen LogP contribution < -0.4 is 0 Å². The number of hydrogen-bond acceptors (Lipinski definition) is 8. The van der Waals surface area contributed by atoms with E-state index < -0.39 is 30.4 Å². The number of nitrogens with zero attached hydrogens (tertiary/aromatic N) is 3. The number of hydrogen-bond donors (Lipinski definition) is 1. The number of carbonyl (C=O) groups excluding carboxylic acids is 2. The number of aromatic hydroxyl groups is 1. The molecule has 0 aliphatic heterocycles. The van der Waals surface area contributed by atoms with Gasteiger partial charge in [-0.1, -0.05) is 13.8 Å². The van der Waals surface area contributed by atoms with Gasteiger partial charge >= 0.3 is 11.9 Å². The number of thiazole rings is 1. The minimum atomic E-state index is -1.05. The molecule has 0 bridgehead atoms. The van der Waals surface area contributed by atoms with Crippen LogP contribution in [0.2, 0.25) is 0 Å². The molecule has 1 aromatic carbocycles. The summed E-state index contributed by atoms with van der Waals surface area (Å²) in [6.07, 6.45) is 0. The Morgan fingerprint density at radius 3 is 2.66 bits per heavy atom. The van der Waals surface area contributed by atoms with E-state index in [0.29, 0.717) is 0 Å². The Kier molecular flexibility index (Phi) is 5.87. The molecular weight excluding hydrogens is 408 g/mol. The average molecular weight is 423 g/mol. The zero-order valence-electron chi connectivity index (χ0n) is 15.3. The third-order valence-corrected chi connectivity index (χ3v) is 4.47. The number of benzene rings is 1. The van der Waals surface area contributed by atoms with E-state index in [1.54, 1.807) is 13.8 Å². The lowest BCUT2D eigenvalue weighted by atomic mass is 10.1. The molecule has 3 rings (SSSR count). The van der Waals surface area contributed by atoms with Crippen LogP contribution in [0.15, 0.2) is 29.6 Å². The number of rotatable bonds is 6. The molecule has 0 saturated heterocycles. The lowest BCUT2D eigenvalue weighted by molar-refractivity contribution is -0.155. The molecule has 3 aromatic rings. The molecule has 2 aromatic heterocycles. The molecule has 11 heteroatoms. The summed E-state index contributed by atoms with van der Waals surface area (Å²) in [5, 5.41) is 15.7. The highest BCUT2D eigenvalue weighted by Crippen LogP contribution is 2.27. The minimum absolute atomic E-state index is 0.0742. The quantitative estimate of drug-likeness (QED) is 0.479. The maximum absolute atomic E-state index is 13.4. The van der Waals surface area contributed by atoms with Gasteiger partial charge < -0.3 is 14.6 Å². The second-order valence-electron chi connectivity index (χ2n) is 6.11. The number of ether oxygens (including phenoxy) is 2. The summed E-state index contributed by atoms with van der Waals surface area (Å²) in [4.78, 5) is 27.3. The molecule has 152 valence electrons. The molecule has 0 unspecified atom stereocenters. The summed E-state index contributed by atoms with van der Waals surface area (Å²) >= 11 is 0.991. The summed E-state index contributed by atoms with van der Waals surface area (Å²) in [7, 11) is 0. The van der Waals surface area contributed by atoms with Crippen LogP contribution in [0.25, 0.3) is 16.4 Å². The molecule has 0 radical (unpaired) electrons. The van der Waals surface area contributed by atoms with Crippen molar-refractivity contribution in [2.45, 2.75) is 13.8 Å². The van der Waals surface area contributed by atoms with Crippen LogP contribution in [-0.2, 0) is 14.3 Å². The molecule has 0 aliphatic rings. The monoisotopic (exact) mass is 423 g/mol. The van der Waals surface area contributed by atoms with Crippen LogP contribution in [0.5, 0.6) is 5.88 Å². The van der Waals surface area contributed by atoms with Crippen LogP contribution in [0.4, 0.5) is 8.78 Å². The van der Waals surface area contributed by atoms with Crippen molar-refractivity contribution in [2.75, 3.05) is 6.79 Å². The van der Waals surface area contributed by atoms with Gasteiger partial charge in [-0.25, -0.2) is 18.6 Å². The van der Waals surface area contributed by atoms with E-state index in [-0.39, 0.29) is 33.9 Å². The van der Waals surface area contributed by atoms with Gasteiger partial charge in [-0.15, -0.1) is 11.3 Å². The normalized spacial score (nSPS) is 10.9. The van der Waals surface area contributed by atoms with Gasteiger partial charge in [0.25, 0.3) is 0 Å². The van der Waals surface area contributed by atoms with Crippen LogP contribution in [-0.4, -0.2) is 38.6 Å². The van der Waals surface area contributed by atoms with Crippen LogP contribution in [0, 0.1) is 17.6 Å². The fourth-order valence-corrected chi connectivity index (χ4v) is 2.90. The topological polar surface area (TPSA) is 104 Å². The zero-order valence-corrected chi connectivity index (χ0v) is 16.1. The predicted octanol–water partition coefficient (Wildman–Crippen LogP) is 3.29. The fraction of sp³-hybridized carbons (Fsp3) is 0.222. The second kappa shape index (κ2) is 8.35. The number of aromatic nitrogens is 3. The Labute approximate surface area is 167 Å². The Hall–Kier alpha value is -3.34. The van der Waals surface area contributed by atoms with Crippen molar-refractivity contribution in [1.29, 1.82) is 0 Å². The van der Waals surface area contributed by atoms with Gasteiger partial charge in [-0.05, 0) is 18.2 Å². The van der Waals surface area contributed by atoms with Gasteiger partial charge in [-0.3, -0.25) is 4.79 Å². The first kappa shape index (κ1) is 20.4. The molecule has 29 heavy (non-hydrogen) atoms. The van der Waals surface area contributed by atoms with Crippen molar-refractivity contribution in [3.8, 4) is 22.3 Å². The third-order valence-electron chi connectivity index (χ3n) is 3.65. The maximum Gasteiger partial charge on any atom is 0.360 e. The summed E-state index contributed by atoms with van der Waals surface area (Å²) in [6.45, 7) is 2.74.